The average Bonchev–Trinajstić information content (AvgIpc) is 2.52. The van der Waals surface area contributed by atoms with Crippen molar-refractivity contribution in [2.75, 3.05) is 26.1 Å². The van der Waals surface area contributed by atoms with Crippen molar-refractivity contribution in [1.82, 2.24) is 0 Å². The Morgan fingerprint density at radius 3 is 2.52 bits per heavy atom. The number of methoxy groups -OCH3 is 2. The van der Waals surface area contributed by atoms with Crippen LogP contribution in [0.4, 0.5) is 14.5 Å². The van der Waals surface area contributed by atoms with E-state index >= 15 is 0 Å². The van der Waals surface area contributed by atoms with Gasteiger partial charge in [-0.25, -0.2) is 18.4 Å². The molecule has 0 aliphatic rings. The van der Waals surface area contributed by atoms with Crippen molar-refractivity contribution < 1.29 is 32.6 Å². The van der Waals surface area contributed by atoms with Crippen LogP contribution in [0.1, 0.15) is 0 Å². The number of alkyl halides is 2. The number of carbonyl (C=O) groups excluding carboxylic acids is 2. The van der Waals surface area contributed by atoms with Crippen molar-refractivity contribution in [3.8, 4) is 5.75 Å². The minimum Gasteiger partial charge on any atom is -0.486 e. The van der Waals surface area contributed by atoms with E-state index in [-0.39, 0.29) is 16.5 Å². The van der Waals surface area contributed by atoms with Gasteiger partial charge in [0.05, 0.1) is 25.3 Å². The Hall–Kier alpha value is -2.35. The monoisotopic (exact) mass is 349 g/mol. The quantitative estimate of drug-likeness (QED) is 0.602. The topological polar surface area (TPSA) is 73.9 Å². The molecule has 0 bridgehead atoms. The minimum atomic E-state index is -2.63. The Kier molecular flexibility index (Phi) is 7.27. The number of esters is 2. The molecule has 6 nitrogen and oxygen atoms in total. The second-order valence-electron chi connectivity index (χ2n) is 4.05. The summed E-state index contributed by atoms with van der Waals surface area (Å²) >= 11 is 5.91. The van der Waals surface area contributed by atoms with E-state index in [1.165, 1.54) is 18.2 Å². The molecule has 0 aliphatic carbocycles. The Morgan fingerprint density at radius 1 is 1.30 bits per heavy atom. The van der Waals surface area contributed by atoms with Gasteiger partial charge in [0.1, 0.15) is 18.1 Å². The fourth-order valence-corrected chi connectivity index (χ4v) is 1.67. The summed E-state index contributed by atoms with van der Waals surface area (Å²) in [6.07, 6.45) is -1.72. The zero-order chi connectivity index (χ0) is 17.4. The molecule has 0 aromatic heterocycles. The van der Waals surface area contributed by atoms with Crippen molar-refractivity contribution in [3.05, 3.63) is 35.0 Å². The predicted molar refractivity (Wildman–Crippen MR) is 78.7 cm³/mol. The van der Waals surface area contributed by atoms with Gasteiger partial charge in [-0.2, -0.15) is 0 Å². The molecular formula is C14H14ClF2NO5. The van der Waals surface area contributed by atoms with Gasteiger partial charge < -0.3 is 19.5 Å². The standard InChI is InChI=1S/C14H14ClF2NO5/c1-21-13(19)6-10(14(20)22-2)18-8-3-4-11(9(15)5-8)23-7-12(16)17/h3-6,12,18H,7H2,1-2H3/b10-6+. The first-order chi connectivity index (χ1) is 10.9. The number of rotatable bonds is 7. The van der Waals surface area contributed by atoms with Crippen LogP contribution in [0, 0.1) is 0 Å². The van der Waals surface area contributed by atoms with Gasteiger partial charge in [-0.15, -0.1) is 0 Å². The largest absolute Gasteiger partial charge is 0.486 e. The number of benzene rings is 1. The molecule has 0 aliphatic heterocycles. The highest BCUT2D eigenvalue weighted by molar-refractivity contribution is 6.32. The summed E-state index contributed by atoms with van der Waals surface area (Å²) in [4.78, 5) is 22.8. The van der Waals surface area contributed by atoms with Gasteiger partial charge in [0.2, 0.25) is 0 Å². The van der Waals surface area contributed by atoms with E-state index in [2.05, 4.69) is 14.8 Å². The molecule has 1 N–H and O–H groups in total. The van der Waals surface area contributed by atoms with Crippen LogP contribution < -0.4 is 10.1 Å². The number of anilines is 1. The maximum atomic E-state index is 12.1. The first kappa shape index (κ1) is 18.7. The molecule has 9 heteroatoms. The number of halogens is 3. The summed E-state index contributed by atoms with van der Waals surface area (Å²) in [6, 6.07) is 4.12. The van der Waals surface area contributed by atoms with E-state index in [4.69, 9.17) is 16.3 Å². The molecule has 0 unspecified atom stereocenters. The Bertz CT molecular complexity index is 607. The highest BCUT2D eigenvalue weighted by Gasteiger charge is 2.14. The summed E-state index contributed by atoms with van der Waals surface area (Å²) in [5.41, 5.74) is 0.136. The molecular weight excluding hydrogens is 336 g/mol. The molecule has 1 aromatic rings. The third-order valence-electron chi connectivity index (χ3n) is 2.44. The number of hydrogen-bond donors (Lipinski definition) is 1. The van der Waals surface area contributed by atoms with Gasteiger partial charge in [0.25, 0.3) is 6.43 Å². The first-order valence-electron chi connectivity index (χ1n) is 6.22. The molecule has 23 heavy (non-hydrogen) atoms. The Balaban J connectivity index is 2.93. The zero-order valence-electron chi connectivity index (χ0n) is 12.3. The highest BCUT2D eigenvalue weighted by Crippen LogP contribution is 2.28. The van der Waals surface area contributed by atoms with Crippen LogP contribution in [0.3, 0.4) is 0 Å². The summed E-state index contributed by atoms with van der Waals surface area (Å²) in [6.45, 7) is -0.790. The van der Waals surface area contributed by atoms with Gasteiger partial charge in [-0.3, -0.25) is 0 Å². The van der Waals surface area contributed by atoms with E-state index in [9.17, 15) is 18.4 Å². The molecule has 0 atom stereocenters. The fourth-order valence-electron chi connectivity index (χ4n) is 1.44. The van der Waals surface area contributed by atoms with E-state index in [1.54, 1.807) is 0 Å². The Morgan fingerprint density at radius 2 is 2.00 bits per heavy atom. The van der Waals surface area contributed by atoms with Gasteiger partial charge in [0, 0.05) is 5.69 Å². The molecule has 1 aromatic carbocycles. The molecule has 0 saturated carbocycles. The third kappa shape index (κ3) is 6.11. The van der Waals surface area contributed by atoms with Gasteiger partial charge in [-0.1, -0.05) is 11.6 Å². The van der Waals surface area contributed by atoms with Crippen LogP contribution in [-0.4, -0.2) is 39.2 Å². The normalized spacial score (nSPS) is 11.1. The van der Waals surface area contributed by atoms with E-state index in [1.807, 2.05) is 0 Å². The van der Waals surface area contributed by atoms with Crippen LogP contribution in [0.25, 0.3) is 0 Å². The fraction of sp³-hybridized carbons (Fsp3) is 0.286. The molecule has 0 amide bonds. The van der Waals surface area contributed by atoms with Crippen molar-refractivity contribution in [1.29, 1.82) is 0 Å². The molecule has 0 fully saturated rings. The average molecular weight is 350 g/mol. The molecule has 0 spiro atoms. The number of ether oxygens (including phenoxy) is 3. The zero-order valence-corrected chi connectivity index (χ0v) is 13.0. The van der Waals surface area contributed by atoms with Crippen LogP contribution >= 0.6 is 11.6 Å². The lowest BCUT2D eigenvalue weighted by Gasteiger charge is -2.12. The van der Waals surface area contributed by atoms with Gasteiger partial charge in [0.15, 0.2) is 0 Å². The summed E-state index contributed by atoms with van der Waals surface area (Å²) in [5.74, 6) is -1.50. The lowest BCUT2D eigenvalue weighted by molar-refractivity contribution is -0.138. The van der Waals surface area contributed by atoms with Crippen LogP contribution in [-0.2, 0) is 19.1 Å². The van der Waals surface area contributed by atoms with Gasteiger partial charge >= 0.3 is 11.9 Å². The van der Waals surface area contributed by atoms with Crippen LogP contribution in [0.2, 0.25) is 5.02 Å². The SMILES string of the molecule is COC(=O)/C=C(/Nc1ccc(OCC(F)F)c(Cl)c1)C(=O)OC. The molecule has 1 rings (SSSR count). The number of hydrogen-bond acceptors (Lipinski definition) is 6. The second kappa shape index (κ2) is 8.94. The third-order valence-corrected chi connectivity index (χ3v) is 2.74. The summed E-state index contributed by atoms with van der Waals surface area (Å²) in [5, 5.41) is 2.68. The minimum absolute atomic E-state index is 0.0536. The lowest BCUT2D eigenvalue weighted by Crippen LogP contribution is -2.15. The van der Waals surface area contributed by atoms with Crippen LogP contribution in [0.5, 0.6) is 5.75 Å². The van der Waals surface area contributed by atoms with Crippen molar-refractivity contribution in [3.63, 3.8) is 0 Å². The Labute approximate surface area is 136 Å². The maximum Gasteiger partial charge on any atom is 0.354 e. The van der Waals surface area contributed by atoms with Crippen molar-refractivity contribution in [2.24, 2.45) is 0 Å². The van der Waals surface area contributed by atoms with E-state index in [0.29, 0.717) is 5.69 Å². The molecule has 0 saturated heterocycles. The van der Waals surface area contributed by atoms with Gasteiger partial charge in [-0.05, 0) is 18.2 Å². The smallest absolute Gasteiger partial charge is 0.354 e. The van der Waals surface area contributed by atoms with Crippen molar-refractivity contribution in [2.45, 2.75) is 6.43 Å². The summed E-state index contributed by atoms with van der Waals surface area (Å²) < 4.78 is 38.0. The van der Waals surface area contributed by atoms with Crippen LogP contribution in [0.15, 0.2) is 30.0 Å². The molecule has 126 valence electrons. The second-order valence-corrected chi connectivity index (χ2v) is 4.45. The molecule has 0 heterocycles. The molecule has 0 radical (unpaired) electrons. The lowest BCUT2D eigenvalue weighted by atomic mass is 10.2. The summed E-state index contributed by atoms with van der Waals surface area (Å²) in [7, 11) is 2.29. The maximum absolute atomic E-state index is 12.1. The van der Waals surface area contributed by atoms with E-state index in [0.717, 1.165) is 20.3 Å². The number of carbonyl (C=O) groups is 2. The number of nitrogens with one attached hydrogen (secondary N) is 1. The predicted octanol–water partition coefficient (Wildman–Crippen LogP) is 2.63. The van der Waals surface area contributed by atoms with Crippen molar-refractivity contribution >= 4 is 29.2 Å². The first-order valence-corrected chi connectivity index (χ1v) is 6.60. The van der Waals surface area contributed by atoms with E-state index < -0.39 is 25.0 Å². The highest BCUT2D eigenvalue weighted by atomic mass is 35.5.